The van der Waals surface area contributed by atoms with Crippen molar-refractivity contribution in [2.24, 2.45) is 0 Å². The number of carbonyl (C=O) groups excluding carboxylic acids is 1. The molecule has 0 bridgehead atoms. The molecular weight excluding hydrogens is 573 g/mol. The number of hydrogen-bond acceptors (Lipinski definition) is 5. The second-order valence-electron chi connectivity index (χ2n) is 11.9. The highest BCUT2D eigenvalue weighted by Gasteiger charge is 2.43. The van der Waals surface area contributed by atoms with E-state index in [2.05, 4.69) is 4.98 Å². The zero-order valence-corrected chi connectivity index (χ0v) is 24.7. The van der Waals surface area contributed by atoms with Crippen molar-refractivity contribution < 1.29 is 41.3 Å². The minimum Gasteiger partial charge on any atom is -0.492 e. The zero-order chi connectivity index (χ0) is 31.5. The number of aromatic nitrogens is 1. The normalized spacial score (nSPS) is 17.6. The molecule has 236 valence electrons. The first-order valence-electron chi connectivity index (χ1n) is 14.2. The largest absolute Gasteiger partial charge is 0.492 e. The number of carbonyl (C=O) groups is 1. The molecule has 12 heteroatoms. The third-order valence-corrected chi connectivity index (χ3v) is 7.33. The fourth-order valence-electron chi connectivity index (χ4n) is 5.43. The van der Waals surface area contributed by atoms with Gasteiger partial charge in [-0.1, -0.05) is 18.2 Å². The molecular formula is C31H38F5N3O4. The molecule has 0 saturated heterocycles. The average molecular weight is 612 g/mol. The van der Waals surface area contributed by atoms with Crippen molar-refractivity contribution in [2.45, 2.75) is 64.1 Å². The molecule has 2 heterocycles. The topological polar surface area (TPSA) is 78.0 Å². The van der Waals surface area contributed by atoms with Gasteiger partial charge in [0.05, 0.1) is 25.8 Å². The summed E-state index contributed by atoms with van der Waals surface area (Å²) in [6.07, 6.45) is -0.228. The van der Waals surface area contributed by atoms with Gasteiger partial charge in [-0.3, -0.25) is 9.29 Å². The van der Waals surface area contributed by atoms with Crippen LogP contribution in [0.5, 0.6) is 5.75 Å². The van der Waals surface area contributed by atoms with Gasteiger partial charge in [0.2, 0.25) is 0 Å². The van der Waals surface area contributed by atoms with Crippen LogP contribution in [0.1, 0.15) is 57.0 Å². The summed E-state index contributed by atoms with van der Waals surface area (Å²) in [4.78, 5) is 18.3. The molecule has 1 aliphatic rings. The van der Waals surface area contributed by atoms with Gasteiger partial charge in [-0.25, -0.2) is 22.4 Å². The summed E-state index contributed by atoms with van der Waals surface area (Å²) >= 11 is 0. The minimum absolute atomic E-state index is 0.0253. The fraction of sp³-hybridized carbons (Fsp3) is 0.516. The summed E-state index contributed by atoms with van der Waals surface area (Å²) < 4.78 is 84.3. The van der Waals surface area contributed by atoms with Gasteiger partial charge in [-0.15, -0.1) is 0 Å². The Balaban J connectivity index is 1.63. The van der Waals surface area contributed by atoms with E-state index < -0.39 is 66.7 Å². The van der Waals surface area contributed by atoms with E-state index >= 15 is 8.78 Å². The molecule has 0 unspecified atom stereocenters. The molecule has 4 rings (SSSR count). The van der Waals surface area contributed by atoms with E-state index in [9.17, 15) is 23.1 Å². The number of aliphatic hydroxyl groups excluding tert-OH is 1. The smallest absolute Gasteiger partial charge is 0.410 e. The average Bonchev–Trinajstić information content (AvgIpc) is 3.28. The summed E-state index contributed by atoms with van der Waals surface area (Å²) in [6, 6.07) is 7.48. The van der Waals surface area contributed by atoms with Crippen LogP contribution in [0.2, 0.25) is 0 Å². The van der Waals surface area contributed by atoms with Gasteiger partial charge in [0.1, 0.15) is 36.2 Å². The van der Waals surface area contributed by atoms with Crippen molar-refractivity contribution in [2.75, 3.05) is 39.5 Å². The number of fused-ring (bicyclic) bond motifs is 3. The van der Waals surface area contributed by atoms with Crippen LogP contribution in [-0.4, -0.2) is 83.1 Å². The van der Waals surface area contributed by atoms with Crippen molar-refractivity contribution in [1.29, 1.82) is 0 Å². The molecule has 3 aromatic rings. The van der Waals surface area contributed by atoms with Crippen molar-refractivity contribution >= 4 is 17.0 Å². The van der Waals surface area contributed by atoms with Crippen LogP contribution in [0.4, 0.5) is 26.7 Å². The molecule has 2 atom stereocenters. The molecule has 1 amide bonds. The molecule has 0 aliphatic carbocycles. The Bertz CT molecular complexity index is 1400. The first-order chi connectivity index (χ1) is 20.2. The second kappa shape index (κ2) is 13.1. The van der Waals surface area contributed by atoms with Crippen LogP contribution < -0.4 is 4.74 Å². The predicted molar refractivity (Wildman–Crippen MR) is 152 cm³/mol. The highest BCUT2D eigenvalue weighted by molar-refractivity contribution is 5.85. The van der Waals surface area contributed by atoms with Crippen LogP contribution in [0.25, 0.3) is 10.9 Å². The summed E-state index contributed by atoms with van der Waals surface area (Å²) in [5.41, 5.74) is 0.693. The third kappa shape index (κ3) is 7.59. The maximum Gasteiger partial charge on any atom is 0.410 e. The lowest BCUT2D eigenvalue weighted by Gasteiger charge is -2.42. The Morgan fingerprint density at radius 2 is 1.81 bits per heavy atom. The number of aliphatic hydroxyl groups is 1. The number of halogens is 5. The van der Waals surface area contributed by atoms with Crippen LogP contribution >= 0.6 is 0 Å². The van der Waals surface area contributed by atoms with Crippen molar-refractivity contribution in [3.8, 4) is 5.75 Å². The van der Waals surface area contributed by atoms with Gasteiger partial charge in [0, 0.05) is 46.9 Å². The molecule has 1 aromatic heterocycles. The molecule has 2 aromatic carbocycles. The lowest BCUT2D eigenvalue weighted by atomic mass is 9.87. The van der Waals surface area contributed by atoms with E-state index in [-0.39, 0.29) is 31.9 Å². The van der Waals surface area contributed by atoms with Gasteiger partial charge in [-0.2, -0.15) is 0 Å². The monoisotopic (exact) mass is 611 g/mol. The SMILES string of the molecule is C[C@@H]1Cc2c([nH]c3ccccc23)[C@@H](c2c(F)cc(OCCN(CCCF)C(=O)OC(C)(C)C)cc2F)N1CC(F)(F)CO. The van der Waals surface area contributed by atoms with E-state index in [1.54, 1.807) is 39.8 Å². The van der Waals surface area contributed by atoms with Gasteiger partial charge >= 0.3 is 6.09 Å². The number of para-hydroxylation sites is 1. The van der Waals surface area contributed by atoms with Crippen molar-refractivity contribution in [3.05, 3.63) is 64.9 Å². The number of rotatable bonds is 11. The highest BCUT2D eigenvalue weighted by Crippen LogP contribution is 2.44. The highest BCUT2D eigenvalue weighted by atomic mass is 19.3. The summed E-state index contributed by atoms with van der Waals surface area (Å²) in [7, 11) is 0. The number of H-pyrrole nitrogens is 1. The zero-order valence-electron chi connectivity index (χ0n) is 24.7. The molecule has 0 spiro atoms. The number of ether oxygens (including phenoxy) is 2. The van der Waals surface area contributed by atoms with E-state index in [0.717, 1.165) is 23.1 Å². The standard InChI is InChI=1S/C31H38F5N3O4/c1-19-14-22-21-8-5-6-9-25(21)37-27(22)28(39(19)17-31(35,36)18-40)26-23(33)15-20(16-24(26)34)42-13-12-38(11-7-10-32)29(41)43-30(2,3)4/h5-6,8-9,15-16,19,28,37,40H,7,10-14,17-18H2,1-4H3/t19-,28-/m1/s1. The number of benzene rings is 2. The van der Waals surface area contributed by atoms with Crippen molar-refractivity contribution in [1.82, 2.24) is 14.8 Å². The molecule has 2 N–H and O–H groups in total. The number of nitrogens with zero attached hydrogens (tertiary/aromatic N) is 2. The van der Waals surface area contributed by atoms with E-state index in [0.29, 0.717) is 17.6 Å². The molecule has 7 nitrogen and oxygen atoms in total. The third-order valence-electron chi connectivity index (χ3n) is 7.33. The van der Waals surface area contributed by atoms with Gasteiger partial charge in [0.15, 0.2) is 0 Å². The minimum atomic E-state index is -3.51. The van der Waals surface area contributed by atoms with E-state index in [4.69, 9.17) is 9.47 Å². The maximum absolute atomic E-state index is 15.8. The van der Waals surface area contributed by atoms with Crippen LogP contribution in [0, 0.1) is 11.6 Å². The fourth-order valence-corrected chi connectivity index (χ4v) is 5.43. The Kier molecular flexibility index (Phi) is 9.90. The number of alkyl halides is 3. The molecule has 0 saturated carbocycles. The van der Waals surface area contributed by atoms with Gasteiger partial charge < -0.3 is 24.5 Å². The molecule has 43 heavy (non-hydrogen) atoms. The summed E-state index contributed by atoms with van der Waals surface area (Å²) in [5.74, 6) is -5.68. The first kappa shape index (κ1) is 32.5. The number of amides is 1. The second-order valence-corrected chi connectivity index (χ2v) is 11.9. The van der Waals surface area contributed by atoms with E-state index in [1.807, 2.05) is 12.1 Å². The molecule has 0 fully saturated rings. The Morgan fingerprint density at radius 1 is 1.14 bits per heavy atom. The maximum atomic E-state index is 15.8. The predicted octanol–water partition coefficient (Wildman–Crippen LogP) is 6.39. The quantitative estimate of drug-likeness (QED) is 0.246. The Labute approximate surface area is 247 Å². The van der Waals surface area contributed by atoms with Gasteiger partial charge in [-0.05, 0) is 52.2 Å². The van der Waals surface area contributed by atoms with Crippen LogP contribution in [0.15, 0.2) is 36.4 Å². The Hall–Kier alpha value is -3.38. The summed E-state index contributed by atoms with van der Waals surface area (Å²) in [6.45, 7) is 3.70. The van der Waals surface area contributed by atoms with Crippen molar-refractivity contribution in [3.63, 3.8) is 0 Å². The molecule has 0 radical (unpaired) electrons. The van der Waals surface area contributed by atoms with Gasteiger partial charge in [0.25, 0.3) is 5.92 Å². The lowest BCUT2D eigenvalue weighted by molar-refractivity contribution is -0.0869. The molecule has 1 aliphatic heterocycles. The van der Waals surface area contributed by atoms with E-state index in [1.165, 1.54) is 9.80 Å². The summed E-state index contributed by atoms with van der Waals surface area (Å²) in [5, 5.41) is 10.1. The first-order valence-corrected chi connectivity index (χ1v) is 14.2. The van der Waals surface area contributed by atoms with Crippen LogP contribution in [-0.2, 0) is 11.2 Å². The number of nitrogens with one attached hydrogen (secondary N) is 1. The Morgan fingerprint density at radius 3 is 2.44 bits per heavy atom. The lowest BCUT2D eigenvalue weighted by Crippen LogP contribution is -2.49. The number of aromatic amines is 1. The number of hydrogen-bond donors (Lipinski definition) is 2. The van der Waals surface area contributed by atoms with Crippen LogP contribution in [0.3, 0.4) is 0 Å².